The third-order valence-corrected chi connectivity index (χ3v) is 6.70. The minimum absolute atomic E-state index is 0.119. The van der Waals surface area contributed by atoms with Crippen LogP contribution in [0.5, 0.6) is 0 Å². The van der Waals surface area contributed by atoms with Crippen LogP contribution in [-0.2, 0) is 23.0 Å². The fraction of sp³-hybridized carbons (Fsp3) is 0.150. The summed E-state index contributed by atoms with van der Waals surface area (Å²) in [4.78, 5) is 9.12. The molecule has 0 aliphatic carbocycles. The zero-order valence-electron chi connectivity index (χ0n) is 14.7. The van der Waals surface area contributed by atoms with Crippen LogP contribution in [0.3, 0.4) is 0 Å². The number of sulfonamides is 1. The maximum Gasteiger partial charge on any atom is 0.243 e. The van der Waals surface area contributed by atoms with E-state index in [1.165, 1.54) is 16.4 Å². The minimum atomic E-state index is -3.69. The van der Waals surface area contributed by atoms with Gasteiger partial charge in [-0.2, -0.15) is 9.57 Å². The lowest BCUT2D eigenvalue weighted by molar-refractivity contribution is 0.387. The highest BCUT2D eigenvalue weighted by molar-refractivity contribution is 7.89. The van der Waals surface area contributed by atoms with E-state index >= 15 is 0 Å². The van der Waals surface area contributed by atoms with Gasteiger partial charge in [0.15, 0.2) is 5.82 Å². The van der Waals surface area contributed by atoms with E-state index in [-0.39, 0.29) is 11.4 Å². The Bertz CT molecular complexity index is 1190. The molecule has 0 bridgehead atoms. The van der Waals surface area contributed by atoms with E-state index in [1.807, 2.05) is 18.2 Å². The maximum atomic E-state index is 12.9. The second-order valence-electron chi connectivity index (χ2n) is 6.40. The van der Waals surface area contributed by atoms with Gasteiger partial charge in [-0.3, -0.25) is 0 Å². The van der Waals surface area contributed by atoms with E-state index in [1.54, 1.807) is 30.5 Å². The maximum absolute atomic E-state index is 12.9. The number of fused-ring (bicyclic) bond motifs is 1. The number of hydrogen-bond donors (Lipinski definition) is 0. The first-order valence-corrected chi connectivity index (χ1v) is 10.4. The normalized spacial score (nSPS) is 14.3. The molecule has 28 heavy (non-hydrogen) atoms. The highest BCUT2D eigenvalue weighted by Gasteiger charge is 2.29. The van der Waals surface area contributed by atoms with E-state index < -0.39 is 10.0 Å². The lowest BCUT2D eigenvalue weighted by Crippen LogP contribution is -2.36. The molecule has 0 spiro atoms. The van der Waals surface area contributed by atoms with E-state index in [0.29, 0.717) is 29.4 Å². The van der Waals surface area contributed by atoms with Gasteiger partial charge >= 0.3 is 0 Å². The van der Waals surface area contributed by atoms with Crippen molar-refractivity contribution in [3.8, 4) is 17.5 Å². The molecule has 4 rings (SSSR count). The molecule has 0 saturated heterocycles. The first kappa shape index (κ1) is 18.6. The molecule has 8 heteroatoms. The topological polar surface area (TPSA) is 87.0 Å². The van der Waals surface area contributed by atoms with Crippen LogP contribution >= 0.6 is 11.6 Å². The average Bonchev–Trinajstić information content (AvgIpc) is 2.73. The number of rotatable bonds is 3. The van der Waals surface area contributed by atoms with Crippen molar-refractivity contribution in [2.45, 2.75) is 17.9 Å². The molecule has 140 valence electrons. The van der Waals surface area contributed by atoms with Gasteiger partial charge in [0.1, 0.15) is 0 Å². The van der Waals surface area contributed by atoms with Gasteiger partial charge in [0.25, 0.3) is 0 Å². The van der Waals surface area contributed by atoms with E-state index in [9.17, 15) is 8.42 Å². The molecule has 0 N–H and O–H groups in total. The summed E-state index contributed by atoms with van der Waals surface area (Å²) in [5, 5.41) is 9.66. The molecule has 1 aliphatic heterocycles. The fourth-order valence-corrected chi connectivity index (χ4v) is 4.70. The van der Waals surface area contributed by atoms with Crippen LogP contribution in [0.25, 0.3) is 11.4 Å². The van der Waals surface area contributed by atoms with Gasteiger partial charge < -0.3 is 0 Å². The summed E-state index contributed by atoms with van der Waals surface area (Å²) in [6, 6.07) is 15.3. The molecular weight excluding hydrogens is 396 g/mol. The summed E-state index contributed by atoms with van der Waals surface area (Å²) in [5.41, 5.74) is 2.80. The minimum Gasteiger partial charge on any atom is -0.236 e. The number of aromatic nitrogens is 2. The second kappa shape index (κ2) is 7.32. The quantitative estimate of drug-likeness (QED) is 0.660. The molecule has 2 heterocycles. The van der Waals surface area contributed by atoms with E-state index in [2.05, 4.69) is 9.97 Å². The molecule has 0 fully saturated rings. The van der Waals surface area contributed by atoms with Crippen LogP contribution in [0.4, 0.5) is 0 Å². The highest BCUT2D eigenvalue weighted by atomic mass is 35.5. The van der Waals surface area contributed by atoms with Crippen LogP contribution in [0.15, 0.2) is 59.6 Å². The van der Waals surface area contributed by atoms with Crippen molar-refractivity contribution >= 4 is 21.6 Å². The number of nitrogens with zero attached hydrogens (tertiary/aromatic N) is 4. The molecule has 0 atom stereocenters. The highest BCUT2D eigenvalue weighted by Crippen LogP contribution is 2.26. The van der Waals surface area contributed by atoms with Crippen LogP contribution < -0.4 is 0 Å². The van der Waals surface area contributed by atoms with E-state index in [4.69, 9.17) is 16.9 Å². The molecule has 3 aromatic rings. The van der Waals surface area contributed by atoms with Gasteiger partial charge in [-0.1, -0.05) is 17.7 Å². The molecule has 1 aromatic heterocycles. The van der Waals surface area contributed by atoms with Crippen molar-refractivity contribution < 1.29 is 8.42 Å². The molecule has 1 aliphatic rings. The van der Waals surface area contributed by atoms with Crippen molar-refractivity contribution in [1.82, 2.24) is 14.3 Å². The predicted molar refractivity (Wildman–Crippen MR) is 105 cm³/mol. The van der Waals surface area contributed by atoms with Crippen LogP contribution in [-0.4, -0.2) is 29.2 Å². The summed E-state index contributed by atoms with van der Waals surface area (Å²) < 4.78 is 27.3. The van der Waals surface area contributed by atoms with Gasteiger partial charge in [0, 0.05) is 41.9 Å². The Kier molecular flexibility index (Phi) is 4.85. The number of nitriles is 1. The second-order valence-corrected chi connectivity index (χ2v) is 8.78. The SMILES string of the molecule is N#Cc1cccc(S(=O)(=O)N2CCc3nc(-c4ccc(Cl)cc4)ncc3C2)c1. The largest absolute Gasteiger partial charge is 0.243 e. The summed E-state index contributed by atoms with van der Waals surface area (Å²) in [5.74, 6) is 0.591. The molecule has 6 nitrogen and oxygen atoms in total. The zero-order valence-corrected chi connectivity index (χ0v) is 16.3. The molecule has 0 amide bonds. The zero-order chi connectivity index (χ0) is 19.7. The van der Waals surface area contributed by atoms with Gasteiger partial charge in [0.05, 0.1) is 22.2 Å². The van der Waals surface area contributed by atoms with Crippen LogP contribution in [0, 0.1) is 11.3 Å². The van der Waals surface area contributed by atoms with Crippen molar-refractivity contribution in [1.29, 1.82) is 5.26 Å². The number of benzene rings is 2. The first-order valence-electron chi connectivity index (χ1n) is 8.58. The standard InChI is InChI=1S/C20H15ClN4O2S/c21-17-6-4-15(5-7-17)20-23-12-16-13-25(9-8-19(16)24-20)28(26,27)18-3-1-2-14(10-18)11-22/h1-7,10,12H,8-9,13H2. The number of halogens is 1. The van der Waals surface area contributed by atoms with Crippen molar-refractivity contribution in [3.05, 3.63) is 76.6 Å². The first-order chi connectivity index (χ1) is 13.5. The number of hydrogen-bond acceptors (Lipinski definition) is 5. The molecule has 0 unspecified atom stereocenters. The predicted octanol–water partition coefficient (Wildman–Crippen LogP) is 3.42. The Labute approximate surface area is 168 Å². The summed E-state index contributed by atoms with van der Waals surface area (Å²) in [6.07, 6.45) is 2.18. The van der Waals surface area contributed by atoms with E-state index in [0.717, 1.165) is 16.8 Å². The van der Waals surface area contributed by atoms with Gasteiger partial charge in [-0.15, -0.1) is 0 Å². The Balaban J connectivity index is 1.61. The Morgan fingerprint density at radius 3 is 2.68 bits per heavy atom. The third kappa shape index (κ3) is 3.50. The smallest absolute Gasteiger partial charge is 0.236 e. The van der Waals surface area contributed by atoms with Crippen LogP contribution in [0.1, 0.15) is 16.8 Å². The Hall–Kier alpha value is -2.79. The van der Waals surface area contributed by atoms with Crippen molar-refractivity contribution in [3.63, 3.8) is 0 Å². The average molecular weight is 411 g/mol. The van der Waals surface area contributed by atoms with Gasteiger partial charge in [-0.25, -0.2) is 18.4 Å². The monoisotopic (exact) mass is 410 g/mol. The fourth-order valence-electron chi connectivity index (χ4n) is 3.11. The van der Waals surface area contributed by atoms with Crippen molar-refractivity contribution in [2.24, 2.45) is 0 Å². The third-order valence-electron chi connectivity index (χ3n) is 4.60. The summed E-state index contributed by atoms with van der Waals surface area (Å²) in [7, 11) is -3.69. The molecule has 0 radical (unpaired) electrons. The molecule has 0 saturated carbocycles. The van der Waals surface area contributed by atoms with Crippen LogP contribution in [0.2, 0.25) is 5.02 Å². The van der Waals surface area contributed by atoms with Gasteiger partial charge in [0.2, 0.25) is 10.0 Å². The molecule has 2 aromatic carbocycles. The summed E-state index contributed by atoms with van der Waals surface area (Å²) >= 11 is 5.92. The lowest BCUT2D eigenvalue weighted by Gasteiger charge is -2.27. The molecular formula is C20H15ClN4O2S. The van der Waals surface area contributed by atoms with Gasteiger partial charge in [-0.05, 0) is 42.5 Å². The lowest BCUT2D eigenvalue weighted by atomic mass is 10.1. The Morgan fingerprint density at radius 2 is 1.93 bits per heavy atom. The van der Waals surface area contributed by atoms with Crippen molar-refractivity contribution in [2.75, 3.05) is 6.54 Å². The Morgan fingerprint density at radius 1 is 1.14 bits per heavy atom. The summed E-state index contributed by atoms with van der Waals surface area (Å²) in [6.45, 7) is 0.526.